The van der Waals surface area contributed by atoms with E-state index in [0.29, 0.717) is 57.4 Å². The lowest BCUT2D eigenvalue weighted by molar-refractivity contribution is -0.118. The first-order valence-corrected chi connectivity index (χ1v) is 15.9. The minimum Gasteiger partial charge on any atom is -0.457 e. The molecule has 0 saturated carbocycles. The number of pyridine rings is 2. The van der Waals surface area contributed by atoms with Gasteiger partial charge >= 0.3 is 0 Å². The number of amides is 2. The molecule has 7 rings (SSSR count). The molecule has 13 nitrogen and oxygen atoms in total. The van der Waals surface area contributed by atoms with E-state index in [9.17, 15) is 14.0 Å². The Morgan fingerprint density at radius 2 is 1.69 bits per heavy atom. The second-order valence-electron chi connectivity index (χ2n) is 11.8. The van der Waals surface area contributed by atoms with Crippen molar-refractivity contribution < 1.29 is 23.5 Å². The minimum atomic E-state index is -0.566. The number of carbonyl (C=O) groups excluding carboxylic acids is 2. The first-order chi connectivity index (χ1) is 24.6. The van der Waals surface area contributed by atoms with Crippen LogP contribution >= 0.6 is 0 Å². The van der Waals surface area contributed by atoms with Gasteiger partial charge in [0, 0.05) is 57.7 Å². The molecule has 14 heteroatoms. The maximum Gasteiger partial charge on any atom is 0.300 e. The fourth-order valence-electron chi connectivity index (χ4n) is 5.70. The molecule has 0 aliphatic carbocycles. The van der Waals surface area contributed by atoms with Crippen LogP contribution in [0.25, 0.3) is 44.3 Å². The number of rotatable bonds is 10. The van der Waals surface area contributed by atoms with Gasteiger partial charge in [-0.25, -0.2) is 9.97 Å². The van der Waals surface area contributed by atoms with Crippen molar-refractivity contribution >= 4 is 39.8 Å². The number of ether oxygens (including phenoxy) is 2. The summed E-state index contributed by atoms with van der Waals surface area (Å²) in [5.74, 6) is 0.568. The highest BCUT2D eigenvalue weighted by atomic mass is 19.1. The molecule has 4 heterocycles. The number of halogens is 1. The number of aromatic nitrogens is 6. The number of nitrogens with zero attached hydrogens (tertiary/aromatic N) is 5. The summed E-state index contributed by atoms with van der Waals surface area (Å²) in [7, 11) is 1.84. The number of hydrogen-bond acceptors (Lipinski definition) is 9. The van der Waals surface area contributed by atoms with Crippen molar-refractivity contribution in [3.8, 4) is 45.5 Å². The Labute approximate surface area is 290 Å². The minimum absolute atomic E-state index is 0.169. The fraction of sp³-hybridized carbons (Fsp3) is 0.135. The smallest absolute Gasteiger partial charge is 0.300 e. The van der Waals surface area contributed by atoms with Crippen LogP contribution in [0.15, 0.2) is 85.2 Å². The molecule has 0 fully saturated rings. The van der Waals surface area contributed by atoms with E-state index >= 15 is 0 Å². The van der Waals surface area contributed by atoms with Crippen molar-refractivity contribution in [2.24, 2.45) is 7.05 Å². The van der Waals surface area contributed by atoms with E-state index in [4.69, 9.17) is 15.2 Å². The van der Waals surface area contributed by atoms with E-state index in [-0.39, 0.29) is 24.2 Å². The number of aryl methyl sites for hydroxylation is 2. The first kappa shape index (κ1) is 32.7. The predicted octanol–water partition coefficient (Wildman–Crippen LogP) is 6.05. The van der Waals surface area contributed by atoms with Gasteiger partial charge < -0.3 is 35.4 Å². The highest BCUT2D eigenvalue weighted by Gasteiger charge is 2.20. The molecule has 256 valence electrons. The predicted molar refractivity (Wildman–Crippen MR) is 190 cm³/mol. The maximum atomic E-state index is 14.1. The average Bonchev–Trinajstić information content (AvgIpc) is 3.65. The highest BCUT2D eigenvalue weighted by Crippen LogP contribution is 2.41. The molecular weight excluding hydrogens is 653 g/mol. The summed E-state index contributed by atoms with van der Waals surface area (Å²) in [5.41, 5.74) is 13.1. The molecule has 4 aromatic heterocycles. The molecule has 5 N–H and O–H groups in total. The lowest BCUT2D eigenvalue weighted by atomic mass is 9.94. The lowest BCUT2D eigenvalue weighted by Gasteiger charge is -2.14. The number of nitrogens with one attached hydrogen (secondary N) is 3. The first-order valence-electron chi connectivity index (χ1n) is 15.9. The Morgan fingerprint density at radius 3 is 2.51 bits per heavy atom. The third kappa shape index (κ3) is 6.87. The van der Waals surface area contributed by atoms with E-state index in [2.05, 4.69) is 35.6 Å². The van der Waals surface area contributed by atoms with Crippen LogP contribution in [0.3, 0.4) is 0 Å². The number of benzene rings is 3. The summed E-state index contributed by atoms with van der Waals surface area (Å²) in [6.07, 6.45) is 2.92. The summed E-state index contributed by atoms with van der Waals surface area (Å²) in [6, 6.07) is 21.5. The number of carbonyl (C=O) groups is 2. The van der Waals surface area contributed by atoms with Crippen LogP contribution in [0.4, 0.5) is 10.3 Å². The molecule has 0 unspecified atom stereocenters. The van der Waals surface area contributed by atoms with Gasteiger partial charge in [-0.2, -0.15) is 9.37 Å². The highest BCUT2D eigenvalue weighted by molar-refractivity contribution is 5.98. The third-order valence-corrected chi connectivity index (χ3v) is 8.24. The van der Waals surface area contributed by atoms with Gasteiger partial charge in [-0.3, -0.25) is 14.6 Å². The second kappa shape index (κ2) is 13.6. The molecule has 0 spiro atoms. The van der Waals surface area contributed by atoms with Gasteiger partial charge in [0.2, 0.25) is 17.8 Å². The number of fused-ring (bicyclic) bond motifs is 2. The van der Waals surface area contributed by atoms with Gasteiger partial charge in [-0.1, -0.05) is 12.1 Å². The topological polar surface area (TPSA) is 175 Å². The molecule has 0 bridgehead atoms. The van der Waals surface area contributed by atoms with Crippen molar-refractivity contribution in [2.45, 2.75) is 13.8 Å². The molecule has 0 aliphatic rings. The third-order valence-electron chi connectivity index (χ3n) is 8.24. The van der Waals surface area contributed by atoms with Crippen molar-refractivity contribution in [2.75, 3.05) is 18.8 Å². The van der Waals surface area contributed by atoms with Crippen LogP contribution in [-0.2, 0) is 11.8 Å². The molecule has 0 aliphatic heterocycles. The Hall–Kier alpha value is -6.83. The van der Waals surface area contributed by atoms with E-state index in [1.165, 1.54) is 31.5 Å². The summed E-state index contributed by atoms with van der Waals surface area (Å²) < 4.78 is 28.4. The van der Waals surface area contributed by atoms with E-state index in [0.717, 1.165) is 22.2 Å². The number of hydrogen-bond donors (Lipinski definition) is 4. The average molecular weight is 686 g/mol. The summed E-state index contributed by atoms with van der Waals surface area (Å²) in [6.45, 7) is 3.94. The van der Waals surface area contributed by atoms with Gasteiger partial charge in [-0.15, -0.1) is 0 Å². The van der Waals surface area contributed by atoms with Crippen LogP contribution in [0.1, 0.15) is 23.0 Å². The summed E-state index contributed by atoms with van der Waals surface area (Å²) in [4.78, 5) is 44.0. The molecule has 0 saturated heterocycles. The van der Waals surface area contributed by atoms with Crippen molar-refractivity contribution in [3.05, 3.63) is 102 Å². The van der Waals surface area contributed by atoms with Crippen LogP contribution in [0.2, 0.25) is 0 Å². The monoisotopic (exact) mass is 685 g/mol. The Morgan fingerprint density at radius 1 is 0.882 bits per heavy atom. The quantitative estimate of drug-likeness (QED) is 0.0986. The maximum absolute atomic E-state index is 14.1. The largest absolute Gasteiger partial charge is 0.457 e. The van der Waals surface area contributed by atoms with Gasteiger partial charge in [0.25, 0.3) is 11.9 Å². The number of imidazole rings is 2. The van der Waals surface area contributed by atoms with Crippen LogP contribution in [0.5, 0.6) is 23.3 Å². The van der Waals surface area contributed by atoms with Crippen LogP contribution < -0.4 is 25.8 Å². The van der Waals surface area contributed by atoms with E-state index in [1.807, 2.05) is 50.4 Å². The number of anilines is 1. The summed E-state index contributed by atoms with van der Waals surface area (Å²) in [5, 5.41) is 5.33. The number of aromatic amines is 1. The Bertz CT molecular complexity index is 2460. The van der Waals surface area contributed by atoms with Crippen molar-refractivity contribution in [1.82, 2.24) is 40.1 Å². The lowest BCUT2D eigenvalue weighted by Crippen LogP contribution is -2.33. The van der Waals surface area contributed by atoms with Gasteiger partial charge in [0.05, 0.1) is 22.1 Å². The number of H-pyrrole nitrogens is 1. The van der Waals surface area contributed by atoms with Gasteiger partial charge in [0.1, 0.15) is 28.5 Å². The zero-order chi connectivity index (χ0) is 35.6. The SMILES string of the molecule is CC(=O)NCCNC(=O)c1cc(Oc2ccc3[nH]c(Oc4ccc5c(nc(N)n5C)c4-c4ccc(C)c(-c5ccnc(F)c5)c4)nc3c2)ccn1. The zero-order valence-electron chi connectivity index (χ0n) is 27.8. The zero-order valence-corrected chi connectivity index (χ0v) is 27.8. The van der Waals surface area contributed by atoms with E-state index < -0.39 is 11.9 Å². The molecule has 51 heavy (non-hydrogen) atoms. The van der Waals surface area contributed by atoms with Crippen LogP contribution in [-0.4, -0.2) is 54.4 Å². The van der Waals surface area contributed by atoms with Crippen molar-refractivity contribution in [3.63, 3.8) is 0 Å². The van der Waals surface area contributed by atoms with Gasteiger partial charge in [0.15, 0.2) is 0 Å². The second-order valence-corrected chi connectivity index (χ2v) is 11.8. The van der Waals surface area contributed by atoms with Gasteiger partial charge in [-0.05, 0) is 71.6 Å². The normalized spacial score (nSPS) is 11.1. The fourth-order valence-corrected chi connectivity index (χ4v) is 5.70. The van der Waals surface area contributed by atoms with Crippen LogP contribution in [0, 0.1) is 12.9 Å². The molecule has 0 atom stereocenters. The molecule has 0 radical (unpaired) electrons. The number of nitrogens with two attached hydrogens (primary N) is 1. The molecular formula is C37H32FN9O4. The Balaban J connectivity index is 1.17. The molecule has 3 aromatic carbocycles. The summed E-state index contributed by atoms with van der Waals surface area (Å²) >= 11 is 0. The molecule has 7 aromatic rings. The van der Waals surface area contributed by atoms with E-state index in [1.54, 1.807) is 28.8 Å². The molecule has 2 amide bonds. The van der Waals surface area contributed by atoms with Crippen molar-refractivity contribution in [1.29, 1.82) is 0 Å². The standard InChI is InChI=1S/C37H32FN9O4/c1-20-4-5-23(16-26(20)22-10-12-42-32(38)17-22)33-31(9-8-30-34(33)46-36(39)47(30)3)51-37-44-27-7-6-24(18-28(27)45-37)50-25-11-13-41-29(19-25)35(49)43-15-14-40-21(2)48/h4-13,16-19H,14-15H2,1-3H3,(H2,39,46)(H,40,48)(H,43,49)(H,44,45). The Kier molecular flexibility index (Phi) is 8.71. The number of nitrogen functional groups attached to an aromatic ring is 1.